The van der Waals surface area contributed by atoms with Crippen LogP contribution in [0.4, 0.5) is 0 Å². The van der Waals surface area contributed by atoms with Gasteiger partial charge in [0.05, 0.1) is 0 Å². The van der Waals surface area contributed by atoms with Gasteiger partial charge in [0.2, 0.25) is 0 Å². The fourth-order valence-electron chi connectivity index (χ4n) is 2.11. The minimum absolute atomic E-state index is 0.261. The molecule has 0 bridgehead atoms. The predicted octanol–water partition coefficient (Wildman–Crippen LogP) is 1.89. The van der Waals surface area contributed by atoms with Gasteiger partial charge in [0.1, 0.15) is 0 Å². The van der Waals surface area contributed by atoms with E-state index in [9.17, 15) is 0 Å². The quantitative estimate of drug-likeness (QED) is 0.703. The molecule has 3 N–H and O–H groups in total. The lowest BCUT2D eigenvalue weighted by molar-refractivity contribution is 0.275. The van der Waals surface area contributed by atoms with Crippen molar-refractivity contribution >= 4 is 0 Å². The van der Waals surface area contributed by atoms with E-state index in [1.807, 2.05) is 0 Å². The molecule has 2 nitrogen and oxygen atoms in total. The maximum absolute atomic E-state index is 5.83. The Morgan fingerprint density at radius 3 is 2.54 bits per heavy atom. The van der Waals surface area contributed by atoms with Crippen molar-refractivity contribution in [2.24, 2.45) is 11.7 Å². The first-order valence-electron chi connectivity index (χ1n) is 5.61. The van der Waals surface area contributed by atoms with Gasteiger partial charge in [-0.3, -0.25) is 0 Å². The Balaban J connectivity index is 2.27. The summed E-state index contributed by atoms with van der Waals surface area (Å²) in [5.41, 5.74) is 5.83. The van der Waals surface area contributed by atoms with Crippen LogP contribution in [0.2, 0.25) is 0 Å². The second-order valence-electron chi connectivity index (χ2n) is 4.78. The molecule has 2 heteroatoms. The zero-order valence-electron chi connectivity index (χ0n) is 9.22. The van der Waals surface area contributed by atoms with Gasteiger partial charge in [0, 0.05) is 18.1 Å². The highest BCUT2D eigenvalue weighted by atomic mass is 15.0. The summed E-state index contributed by atoms with van der Waals surface area (Å²) in [6.45, 7) is 6.61. The number of hydrogen-bond donors (Lipinski definition) is 2. The van der Waals surface area contributed by atoms with E-state index < -0.39 is 0 Å². The number of hydrogen-bond acceptors (Lipinski definition) is 2. The van der Waals surface area contributed by atoms with Crippen LogP contribution >= 0.6 is 0 Å². The molecule has 4 unspecified atom stereocenters. The first kappa shape index (κ1) is 11.0. The monoisotopic (exact) mass is 184 g/mol. The Morgan fingerprint density at radius 1 is 1.31 bits per heavy atom. The van der Waals surface area contributed by atoms with Crippen molar-refractivity contribution in [1.29, 1.82) is 0 Å². The van der Waals surface area contributed by atoms with E-state index in [0.717, 1.165) is 5.92 Å². The van der Waals surface area contributed by atoms with Crippen molar-refractivity contribution < 1.29 is 0 Å². The molecule has 1 rings (SSSR count). The zero-order valence-corrected chi connectivity index (χ0v) is 9.22. The summed E-state index contributed by atoms with van der Waals surface area (Å²) in [5.74, 6) is 0.895. The highest BCUT2D eigenvalue weighted by Gasteiger charge is 2.20. The fraction of sp³-hybridized carbons (Fsp3) is 1.00. The minimum atomic E-state index is 0.261. The standard InChI is InChI=1S/C11H24N2/c1-8-5-4-6-11(7-8)13-10(3)9(2)12/h8-11,13H,4-7,12H2,1-3H3. The third kappa shape index (κ3) is 3.65. The zero-order chi connectivity index (χ0) is 9.84. The second-order valence-corrected chi connectivity index (χ2v) is 4.78. The Morgan fingerprint density at radius 2 is 2.00 bits per heavy atom. The highest BCUT2D eigenvalue weighted by molar-refractivity contribution is 4.81. The summed E-state index contributed by atoms with van der Waals surface area (Å²) in [7, 11) is 0. The summed E-state index contributed by atoms with van der Waals surface area (Å²) < 4.78 is 0. The summed E-state index contributed by atoms with van der Waals surface area (Å²) in [6, 6.07) is 1.43. The number of nitrogens with two attached hydrogens (primary N) is 1. The van der Waals surface area contributed by atoms with Gasteiger partial charge in [-0.25, -0.2) is 0 Å². The Bertz CT molecular complexity index is 145. The van der Waals surface area contributed by atoms with Crippen molar-refractivity contribution in [2.75, 3.05) is 0 Å². The van der Waals surface area contributed by atoms with Crippen LogP contribution in [-0.2, 0) is 0 Å². The van der Waals surface area contributed by atoms with Gasteiger partial charge < -0.3 is 11.1 Å². The fourth-order valence-corrected chi connectivity index (χ4v) is 2.11. The van der Waals surface area contributed by atoms with Gasteiger partial charge in [-0.2, -0.15) is 0 Å². The lowest BCUT2D eigenvalue weighted by Crippen LogP contribution is -2.47. The van der Waals surface area contributed by atoms with Gasteiger partial charge in [-0.1, -0.05) is 19.8 Å². The van der Waals surface area contributed by atoms with Gasteiger partial charge in [0.15, 0.2) is 0 Å². The Hall–Kier alpha value is -0.0800. The van der Waals surface area contributed by atoms with Crippen LogP contribution in [0, 0.1) is 5.92 Å². The molecule has 13 heavy (non-hydrogen) atoms. The van der Waals surface area contributed by atoms with E-state index in [1.165, 1.54) is 25.7 Å². The average molecular weight is 184 g/mol. The van der Waals surface area contributed by atoms with Crippen LogP contribution in [0.5, 0.6) is 0 Å². The van der Waals surface area contributed by atoms with Crippen LogP contribution < -0.4 is 11.1 Å². The van der Waals surface area contributed by atoms with E-state index in [2.05, 4.69) is 26.1 Å². The van der Waals surface area contributed by atoms with E-state index in [-0.39, 0.29) is 6.04 Å². The molecule has 0 spiro atoms. The van der Waals surface area contributed by atoms with Crippen LogP contribution in [0.3, 0.4) is 0 Å². The Labute approximate surface area is 82.3 Å². The highest BCUT2D eigenvalue weighted by Crippen LogP contribution is 2.23. The second kappa shape index (κ2) is 4.97. The first-order chi connectivity index (χ1) is 6.09. The SMILES string of the molecule is CC1CCCC(NC(C)C(C)N)C1. The molecule has 0 saturated heterocycles. The van der Waals surface area contributed by atoms with Crippen molar-refractivity contribution in [3.05, 3.63) is 0 Å². The van der Waals surface area contributed by atoms with Crippen LogP contribution in [0.15, 0.2) is 0 Å². The third-order valence-electron chi connectivity index (χ3n) is 3.22. The molecule has 4 atom stereocenters. The summed E-state index contributed by atoms with van der Waals surface area (Å²) in [5, 5.41) is 3.62. The van der Waals surface area contributed by atoms with E-state index in [4.69, 9.17) is 5.73 Å². The van der Waals surface area contributed by atoms with Gasteiger partial charge in [-0.05, 0) is 32.6 Å². The van der Waals surface area contributed by atoms with E-state index in [0.29, 0.717) is 12.1 Å². The topological polar surface area (TPSA) is 38.0 Å². The molecule has 0 amide bonds. The molecule has 0 aromatic heterocycles. The predicted molar refractivity (Wildman–Crippen MR) is 57.7 cm³/mol. The largest absolute Gasteiger partial charge is 0.327 e. The lowest BCUT2D eigenvalue weighted by atomic mass is 9.86. The summed E-state index contributed by atoms with van der Waals surface area (Å²) >= 11 is 0. The van der Waals surface area contributed by atoms with Crippen LogP contribution in [0.1, 0.15) is 46.5 Å². The van der Waals surface area contributed by atoms with Crippen LogP contribution in [0.25, 0.3) is 0 Å². The van der Waals surface area contributed by atoms with Crippen LogP contribution in [-0.4, -0.2) is 18.1 Å². The van der Waals surface area contributed by atoms with Gasteiger partial charge in [-0.15, -0.1) is 0 Å². The smallest absolute Gasteiger partial charge is 0.0190 e. The van der Waals surface area contributed by atoms with Crippen molar-refractivity contribution in [1.82, 2.24) is 5.32 Å². The molecule has 0 aromatic rings. The van der Waals surface area contributed by atoms with Gasteiger partial charge >= 0.3 is 0 Å². The molecular weight excluding hydrogens is 160 g/mol. The summed E-state index contributed by atoms with van der Waals surface area (Å²) in [6.07, 6.45) is 5.45. The maximum Gasteiger partial charge on any atom is 0.0190 e. The number of nitrogens with one attached hydrogen (secondary N) is 1. The molecule has 0 radical (unpaired) electrons. The number of rotatable bonds is 3. The molecular formula is C11H24N2. The molecule has 1 saturated carbocycles. The molecule has 0 aromatic carbocycles. The van der Waals surface area contributed by atoms with Crippen molar-refractivity contribution in [3.8, 4) is 0 Å². The Kier molecular flexibility index (Phi) is 4.20. The molecule has 78 valence electrons. The molecule has 1 fully saturated rings. The van der Waals surface area contributed by atoms with E-state index in [1.54, 1.807) is 0 Å². The maximum atomic E-state index is 5.83. The molecule has 0 aliphatic heterocycles. The van der Waals surface area contributed by atoms with Crippen molar-refractivity contribution in [2.45, 2.75) is 64.6 Å². The molecule has 1 aliphatic rings. The average Bonchev–Trinajstić information content (AvgIpc) is 2.04. The molecule has 0 heterocycles. The third-order valence-corrected chi connectivity index (χ3v) is 3.22. The lowest BCUT2D eigenvalue weighted by Gasteiger charge is -2.31. The molecule has 1 aliphatic carbocycles. The van der Waals surface area contributed by atoms with Gasteiger partial charge in [0.25, 0.3) is 0 Å². The minimum Gasteiger partial charge on any atom is -0.327 e. The normalized spacial score (nSPS) is 34.2. The van der Waals surface area contributed by atoms with E-state index >= 15 is 0 Å². The summed E-state index contributed by atoms with van der Waals surface area (Å²) in [4.78, 5) is 0. The van der Waals surface area contributed by atoms with Crippen molar-refractivity contribution in [3.63, 3.8) is 0 Å². The first-order valence-corrected chi connectivity index (χ1v) is 5.61.